The molecule has 0 atom stereocenters. The Bertz CT molecular complexity index is 474. The maximum Gasteiger partial charge on any atom is 0.307 e. The van der Waals surface area contributed by atoms with E-state index in [1.54, 1.807) is 6.20 Å². The first-order valence-corrected chi connectivity index (χ1v) is 4.32. The molecule has 0 unspecified atom stereocenters. The Kier molecular flexibility index (Phi) is 2.14. The quantitative estimate of drug-likeness (QED) is 0.780. The third-order valence-electron chi connectivity index (χ3n) is 2.08. The van der Waals surface area contributed by atoms with E-state index < -0.39 is 5.97 Å². The van der Waals surface area contributed by atoms with Gasteiger partial charge in [0.1, 0.15) is 0 Å². The van der Waals surface area contributed by atoms with Crippen molar-refractivity contribution in [1.82, 2.24) is 4.98 Å². The predicted molar refractivity (Wildman–Crippen MR) is 53.1 cm³/mol. The zero-order valence-electron chi connectivity index (χ0n) is 7.47. The van der Waals surface area contributed by atoms with E-state index >= 15 is 0 Å². The topological polar surface area (TPSA) is 50.2 Å². The maximum atomic E-state index is 10.6. The van der Waals surface area contributed by atoms with E-state index in [4.69, 9.17) is 5.11 Å². The van der Waals surface area contributed by atoms with Crippen LogP contribution in [0.3, 0.4) is 0 Å². The Balaban J connectivity index is 2.59. The van der Waals surface area contributed by atoms with E-state index in [-0.39, 0.29) is 6.42 Å². The molecule has 1 aromatic heterocycles. The molecule has 0 spiro atoms. The summed E-state index contributed by atoms with van der Waals surface area (Å²) in [6.45, 7) is 0. The van der Waals surface area contributed by atoms with Gasteiger partial charge in [0.25, 0.3) is 0 Å². The number of nitrogens with zero attached hydrogens (tertiary/aromatic N) is 1. The van der Waals surface area contributed by atoms with Gasteiger partial charge in [0, 0.05) is 11.6 Å². The Hall–Kier alpha value is -1.90. The molecular formula is C11H9NO2. The first-order chi connectivity index (χ1) is 6.77. The number of carboxylic acid groups (broad SMARTS) is 1. The average molecular weight is 187 g/mol. The maximum absolute atomic E-state index is 10.6. The summed E-state index contributed by atoms with van der Waals surface area (Å²) in [5.41, 5.74) is 1.65. The molecule has 0 amide bonds. The fourth-order valence-corrected chi connectivity index (χ4v) is 1.48. The summed E-state index contributed by atoms with van der Waals surface area (Å²) in [7, 11) is 0. The Labute approximate surface area is 81.0 Å². The fourth-order valence-electron chi connectivity index (χ4n) is 1.48. The van der Waals surface area contributed by atoms with Crippen molar-refractivity contribution in [2.75, 3.05) is 0 Å². The highest BCUT2D eigenvalue weighted by atomic mass is 16.4. The molecule has 70 valence electrons. The third-order valence-corrected chi connectivity index (χ3v) is 2.08. The van der Waals surface area contributed by atoms with Crippen LogP contribution in [0.5, 0.6) is 0 Å². The monoisotopic (exact) mass is 187 g/mol. The third kappa shape index (κ3) is 1.57. The first-order valence-electron chi connectivity index (χ1n) is 4.32. The number of aliphatic carboxylic acids is 1. The molecule has 0 saturated carbocycles. The van der Waals surface area contributed by atoms with Crippen LogP contribution in [0, 0.1) is 0 Å². The summed E-state index contributed by atoms with van der Waals surface area (Å²) >= 11 is 0. The lowest BCUT2D eigenvalue weighted by Gasteiger charge is -2.02. The van der Waals surface area contributed by atoms with Crippen LogP contribution in [-0.2, 0) is 11.2 Å². The van der Waals surface area contributed by atoms with Crippen molar-refractivity contribution in [2.24, 2.45) is 0 Å². The van der Waals surface area contributed by atoms with Gasteiger partial charge in [-0.2, -0.15) is 0 Å². The number of hydrogen-bond donors (Lipinski definition) is 1. The van der Waals surface area contributed by atoms with E-state index in [0.29, 0.717) is 0 Å². The highest BCUT2D eigenvalue weighted by molar-refractivity contribution is 5.85. The summed E-state index contributed by atoms with van der Waals surface area (Å²) in [4.78, 5) is 14.7. The predicted octanol–water partition coefficient (Wildman–Crippen LogP) is 1.86. The highest BCUT2D eigenvalue weighted by Gasteiger charge is 2.04. The summed E-state index contributed by atoms with van der Waals surface area (Å²) in [5.74, 6) is -0.818. The number of carbonyl (C=O) groups is 1. The molecule has 3 heteroatoms. The van der Waals surface area contributed by atoms with Crippen molar-refractivity contribution >= 4 is 16.9 Å². The molecule has 2 rings (SSSR count). The van der Waals surface area contributed by atoms with Crippen LogP contribution in [0.4, 0.5) is 0 Å². The zero-order valence-corrected chi connectivity index (χ0v) is 7.47. The van der Waals surface area contributed by atoms with Gasteiger partial charge in [-0.3, -0.25) is 9.78 Å². The lowest BCUT2D eigenvalue weighted by atomic mass is 10.1. The van der Waals surface area contributed by atoms with Gasteiger partial charge < -0.3 is 5.11 Å². The number of pyridine rings is 1. The largest absolute Gasteiger partial charge is 0.481 e. The number of carboxylic acids is 1. The summed E-state index contributed by atoms with van der Waals surface area (Å²) in [6.07, 6.45) is 1.75. The molecule has 0 aliphatic heterocycles. The minimum atomic E-state index is -0.818. The van der Waals surface area contributed by atoms with Crippen molar-refractivity contribution in [3.8, 4) is 0 Å². The second kappa shape index (κ2) is 3.46. The van der Waals surface area contributed by atoms with Gasteiger partial charge in [-0.25, -0.2) is 0 Å². The molecule has 0 saturated heterocycles. The van der Waals surface area contributed by atoms with Gasteiger partial charge in [-0.05, 0) is 17.7 Å². The molecule has 14 heavy (non-hydrogen) atoms. The average Bonchev–Trinajstić information content (AvgIpc) is 2.18. The van der Waals surface area contributed by atoms with E-state index in [0.717, 1.165) is 16.5 Å². The van der Waals surface area contributed by atoms with Crippen LogP contribution in [0.1, 0.15) is 5.56 Å². The van der Waals surface area contributed by atoms with Gasteiger partial charge in [-0.15, -0.1) is 0 Å². The zero-order chi connectivity index (χ0) is 9.97. The van der Waals surface area contributed by atoms with Crippen molar-refractivity contribution in [3.63, 3.8) is 0 Å². The number of aromatic nitrogens is 1. The van der Waals surface area contributed by atoms with Crippen LogP contribution in [-0.4, -0.2) is 16.1 Å². The van der Waals surface area contributed by atoms with Gasteiger partial charge in [0.15, 0.2) is 0 Å². The molecule has 0 aliphatic rings. The van der Waals surface area contributed by atoms with Crippen molar-refractivity contribution in [3.05, 3.63) is 42.1 Å². The van der Waals surface area contributed by atoms with Crippen LogP contribution >= 0.6 is 0 Å². The minimum absolute atomic E-state index is 0.0447. The van der Waals surface area contributed by atoms with E-state index in [2.05, 4.69) is 4.98 Å². The van der Waals surface area contributed by atoms with Gasteiger partial charge in [-0.1, -0.05) is 18.2 Å². The molecule has 0 radical (unpaired) electrons. The molecule has 1 N–H and O–H groups in total. The summed E-state index contributed by atoms with van der Waals surface area (Å²) < 4.78 is 0. The minimum Gasteiger partial charge on any atom is -0.481 e. The lowest BCUT2D eigenvalue weighted by Crippen LogP contribution is -2.00. The Morgan fingerprint density at radius 1 is 1.29 bits per heavy atom. The molecule has 3 nitrogen and oxygen atoms in total. The van der Waals surface area contributed by atoms with Crippen LogP contribution in [0.2, 0.25) is 0 Å². The van der Waals surface area contributed by atoms with Crippen LogP contribution in [0.15, 0.2) is 36.5 Å². The standard InChI is InChI=1S/C11H9NO2/c13-11(14)7-8-3-1-5-10-9(8)4-2-6-12-10/h1-6H,7H2,(H,13,14). The lowest BCUT2D eigenvalue weighted by molar-refractivity contribution is -0.136. The first kappa shape index (κ1) is 8.69. The van der Waals surface area contributed by atoms with Crippen LogP contribution in [0.25, 0.3) is 10.9 Å². The number of hydrogen-bond acceptors (Lipinski definition) is 2. The highest BCUT2D eigenvalue weighted by Crippen LogP contribution is 2.16. The van der Waals surface area contributed by atoms with Gasteiger partial charge in [0.05, 0.1) is 11.9 Å². The second-order valence-corrected chi connectivity index (χ2v) is 3.06. The van der Waals surface area contributed by atoms with Gasteiger partial charge in [0.2, 0.25) is 0 Å². The van der Waals surface area contributed by atoms with Crippen molar-refractivity contribution in [2.45, 2.75) is 6.42 Å². The molecular weight excluding hydrogens is 178 g/mol. The number of benzene rings is 1. The van der Waals surface area contributed by atoms with Crippen molar-refractivity contribution < 1.29 is 9.90 Å². The second-order valence-electron chi connectivity index (χ2n) is 3.06. The van der Waals surface area contributed by atoms with E-state index in [1.165, 1.54) is 0 Å². The number of rotatable bonds is 2. The van der Waals surface area contributed by atoms with E-state index in [1.807, 2.05) is 30.3 Å². The molecule has 1 heterocycles. The molecule has 1 aromatic carbocycles. The van der Waals surface area contributed by atoms with Crippen LogP contribution < -0.4 is 0 Å². The summed E-state index contributed by atoms with van der Waals surface area (Å²) in [5, 5.41) is 9.62. The SMILES string of the molecule is O=C(O)Cc1cccc2ncccc12. The van der Waals surface area contributed by atoms with Crippen molar-refractivity contribution in [1.29, 1.82) is 0 Å². The molecule has 0 fully saturated rings. The van der Waals surface area contributed by atoms with Gasteiger partial charge >= 0.3 is 5.97 Å². The molecule has 2 aromatic rings. The molecule has 0 bridgehead atoms. The summed E-state index contributed by atoms with van der Waals surface area (Å²) in [6, 6.07) is 9.22. The normalized spacial score (nSPS) is 10.3. The molecule has 0 aliphatic carbocycles. The number of fused-ring (bicyclic) bond motifs is 1. The Morgan fingerprint density at radius 2 is 2.14 bits per heavy atom. The fraction of sp³-hybridized carbons (Fsp3) is 0.0909. The smallest absolute Gasteiger partial charge is 0.307 e. The van der Waals surface area contributed by atoms with E-state index in [9.17, 15) is 4.79 Å². The Morgan fingerprint density at radius 3 is 2.93 bits per heavy atom.